The van der Waals surface area contributed by atoms with Crippen molar-refractivity contribution in [3.63, 3.8) is 0 Å². The molecule has 4 heteroatoms. The molecule has 1 heterocycles. The number of carbonyl (C=O) groups excluding carboxylic acids is 1. The number of hydrogen-bond donors (Lipinski definition) is 1. The van der Waals surface area contributed by atoms with Crippen LogP contribution in [0.1, 0.15) is 52.4 Å². The summed E-state index contributed by atoms with van der Waals surface area (Å²) in [5.74, 6) is 1.34. The summed E-state index contributed by atoms with van der Waals surface area (Å²) in [6, 6.07) is 0. The predicted octanol–water partition coefficient (Wildman–Crippen LogP) is 2.08. The van der Waals surface area contributed by atoms with Gasteiger partial charge < -0.3 is 15.5 Å². The summed E-state index contributed by atoms with van der Waals surface area (Å²) in [6.07, 6.45) is 7.04. The molecular formula is C17H33N3O. The van der Waals surface area contributed by atoms with Crippen molar-refractivity contribution in [2.24, 2.45) is 17.6 Å². The van der Waals surface area contributed by atoms with Crippen LogP contribution in [-0.4, -0.2) is 54.5 Å². The fourth-order valence-electron chi connectivity index (χ4n) is 3.48. The van der Waals surface area contributed by atoms with E-state index in [-0.39, 0.29) is 5.91 Å². The lowest BCUT2D eigenvalue weighted by Gasteiger charge is -2.38. The summed E-state index contributed by atoms with van der Waals surface area (Å²) in [4.78, 5) is 17.0. The molecule has 21 heavy (non-hydrogen) atoms. The molecule has 0 aromatic carbocycles. The van der Waals surface area contributed by atoms with Gasteiger partial charge in [0.15, 0.2) is 0 Å². The third-order valence-electron chi connectivity index (χ3n) is 5.25. The van der Waals surface area contributed by atoms with E-state index in [0.717, 1.165) is 44.7 Å². The van der Waals surface area contributed by atoms with Gasteiger partial charge in [0.2, 0.25) is 5.91 Å². The van der Waals surface area contributed by atoms with Crippen LogP contribution < -0.4 is 5.73 Å². The molecule has 0 aromatic rings. The molecule has 2 fully saturated rings. The van der Waals surface area contributed by atoms with E-state index in [2.05, 4.69) is 18.9 Å². The summed E-state index contributed by atoms with van der Waals surface area (Å²) in [5, 5.41) is 0. The van der Waals surface area contributed by atoms with Gasteiger partial charge in [-0.05, 0) is 64.5 Å². The molecule has 1 unspecified atom stereocenters. The lowest BCUT2D eigenvalue weighted by Crippen LogP contribution is -2.56. The highest BCUT2D eigenvalue weighted by Crippen LogP contribution is 2.39. The van der Waals surface area contributed by atoms with Crippen LogP contribution in [0.15, 0.2) is 0 Å². The maximum atomic E-state index is 12.6. The SMILES string of the molecule is CCCCN(C)CC1CCN(C(=O)C(C)(N)C2CC2)CC1. The monoisotopic (exact) mass is 295 g/mol. The van der Waals surface area contributed by atoms with Crippen LogP contribution in [0.2, 0.25) is 0 Å². The van der Waals surface area contributed by atoms with E-state index in [9.17, 15) is 4.79 Å². The quantitative estimate of drug-likeness (QED) is 0.782. The van der Waals surface area contributed by atoms with E-state index in [1.165, 1.54) is 25.9 Å². The number of unbranched alkanes of at least 4 members (excludes halogenated alkanes) is 1. The van der Waals surface area contributed by atoms with E-state index in [0.29, 0.717) is 5.92 Å². The largest absolute Gasteiger partial charge is 0.341 e. The number of nitrogens with zero attached hydrogens (tertiary/aromatic N) is 2. The predicted molar refractivity (Wildman–Crippen MR) is 87.0 cm³/mol. The summed E-state index contributed by atoms with van der Waals surface area (Å²) in [7, 11) is 2.22. The second-order valence-corrected chi connectivity index (χ2v) is 7.41. The Morgan fingerprint density at radius 1 is 1.29 bits per heavy atom. The molecule has 1 aliphatic heterocycles. The number of carbonyl (C=O) groups is 1. The van der Waals surface area contributed by atoms with Crippen LogP contribution >= 0.6 is 0 Å². The van der Waals surface area contributed by atoms with Gasteiger partial charge in [0.05, 0.1) is 5.54 Å². The Hall–Kier alpha value is -0.610. The van der Waals surface area contributed by atoms with Crippen LogP contribution in [0.25, 0.3) is 0 Å². The molecule has 0 radical (unpaired) electrons. The number of piperidine rings is 1. The van der Waals surface area contributed by atoms with Crippen LogP contribution in [-0.2, 0) is 4.79 Å². The third-order valence-corrected chi connectivity index (χ3v) is 5.25. The molecule has 2 rings (SSSR count). The summed E-state index contributed by atoms with van der Waals surface area (Å²) in [5.41, 5.74) is 5.65. The Morgan fingerprint density at radius 2 is 1.90 bits per heavy atom. The molecule has 122 valence electrons. The first-order chi connectivity index (χ1) is 9.95. The Balaban J connectivity index is 1.74. The molecule has 0 spiro atoms. The van der Waals surface area contributed by atoms with E-state index < -0.39 is 5.54 Å². The minimum atomic E-state index is -0.620. The second-order valence-electron chi connectivity index (χ2n) is 7.41. The lowest BCUT2D eigenvalue weighted by atomic mass is 9.91. The fourth-order valence-corrected chi connectivity index (χ4v) is 3.48. The molecule has 1 aliphatic carbocycles. The highest BCUT2D eigenvalue weighted by atomic mass is 16.2. The van der Waals surface area contributed by atoms with E-state index in [1.807, 2.05) is 11.8 Å². The second kappa shape index (κ2) is 7.10. The Labute approximate surface area is 130 Å². The van der Waals surface area contributed by atoms with E-state index in [4.69, 9.17) is 5.73 Å². The molecular weight excluding hydrogens is 262 g/mol. The molecule has 2 N–H and O–H groups in total. The fraction of sp³-hybridized carbons (Fsp3) is 0.941. The van der Waals surface area contributed by atoms with Crippen molar-refractivity contribution in [2.45, 2.75) is 57.9 Å². The van der Waals surface area contributed by atoms with Crippen molar-refractivity contribution >= 4 is 5.91 Å². The smallest absolute Gasteiger partial charge is 0.242 e. The highest BCUT2D eigenvalue weighted by Gasteiger charge is 2.46. The zero-order valence-corrected chi connectivity index (χ0v) is 14.1. The first-order valence-corrected chi connectivity index (χ1v) is 8.72. The molecule has 1 saturated carbocycles. The topological polar surface area (TPSA) is 49.6 Å². The van der Waals surface area contributed by atoms with Crippen LogP contribution in [0, 0.1) is 11.8 Å². The Morgan fingerprint density at radius 3 is 2.43 bits per heavy atom. The van der Waals surface area contributed by atoms with Crippen LogP contribution in [0.5, 0.6) is 0 Å². The van der Waals surface area contributed by atoms with Crippen molar-refractivity contribution < 1.29 is 4.79 Å². The number of nitrogens with two attached hydrogens (primary N) is 1. The van der Waals surface area contributed by atoms with Gasteiger partial charge in [-0.2, -0.15) is 0 Å². The normalized spacial score (nSPS) is 23.4. The average Bonchev–Trinajstić information content (AvgIpc) is 3.30. The van der Waals surface area contributed by atoms with Gasteiger partial charge in [-0.15, -0.1) is 0 Å². The first-order valence-electron chi connectivity index (χ1n) is 8.72. The van der Waals surface area contributed by atoms with E-state index >= 15 is 0 Å². The average molecular weight is 295 g/mol. The molecule has 1 saturated heterocycles. The summed E-state index contributed by atoms with van der Waals surface area (Å²) in [6.45, 7) is 8.32. The number of rotatable bonds is 7. The zero-order chi connectivity index (χ0) is 15.5. The van der Waals surface area contributed by atoms with Gasteiger partial charge in [0.1, 0.15) is 0 Å². The molecule has 0 aromatic heterocycles. The number of amides is 1. The van der Waals surface area contributed by atoms with Crippen LogP contribution in [0.4, 0.5) is 0 Å². The van der Waals surface area contributed by atoms with Gasteiger partial charge >= 0.3 is 0 Å². The third kappa shape index (κ3) is 4.43. The van der Waals surface area contributed by atoms with Crippen molar-refractivity contribution in [1.82, 2.24) is 9.80 Å². The maximum absolute atomic E-state index is 12.6. The highest BCUT2D eigenvalue weighted by molar-refractivity contribution is 5.86. The Kier molecular flexibility index (Phi) is 5.67. The molecule has 2 aliphatic rings. The van der Waals surface area contributed by atoms with Crippen molar-refractivity contribution in [1.29, 1.82) is 0 Å². The van der Waals surface area contributed by atoms with Gasteiger partial charge in [-0.1, -0.05) is 13.3 Å². The van der Waals surface area contributed by atoms with Gasteiger partial charge in [-0.3, -0.25) is 4.79 Å². The first kappa shape index (κ1) is 16.8. The minimum Gasteiger partial charge on any atom is -0.341 e. The molecule has 1 amide bonds. The number of likely N-dealkylation sites (tertiary alicyclic amines) is 1. The molecule has 1 atom stereocenters. The number of hydrogen-bond acceptors (Lipinski definition) is 3. The minimum absolute atomic E-state index is 0.183. The summed E-state index contributed by atoms with van der Waals surface area (Å²) >= 11 is 0. The van der Waals surface area contributed by atoms with Crippen molar-refractivity contribution in [3.8, 4) is 0 Å². The standard InChI is InChI=1S/C17H33N3O/c1-4-5-10-19(3)13-14-8-11-20(12-9-14)16(21)17(2,18)15-6-7-15/h14-15H,4-13,18H2,1-3H3. The van der Waals surface area contributed by atoms with Gasteiger partial charge in [0, 0.05) is 19.6 Å². The lowest BCUT2D eigenvalue weighted by molar-refractivity contribution is -0.138. The summed E-state index contributed by atoms with van der Waals surface area (Å²) < 4.78 is 0. The van der Waals surface area contributed by atoms with Gasteiger partial charge in [0.25, 0.3) is 0 Å². The molecule has 4 nitrogen and oxygen atoms in total. The zero-order valence-electron chi connectivity index (χ0n) is 14.1. The van der Waals surface area contributed by atoms with Crippen molar-refractivity contribution in [2.75, 3.05) is 33.2 Å². The van der Waals surface area contributed by atoms with Crippen molar-refractivity contribution in [3.05, 3.63) is 0 Å². The molecule has 0 bridgehead atoms. The van der Waals surface area contributed by atoms with E-state index in [1.54, 1.807) is 0 Å². The van der Waals surface area contributed by atoms with Crippen LogP contribution in [0.3, 0.4) is 0 Å². The maximum Gasteiger partial charge on any atom is 0.242 e. The Bertz CT molecular complexity index is 344. The van der Waals surface area contributed by atoms with Gasteiger partial charge in [-0.25, -0.2) is 0 Å².